The van der Waals surface area contributed by atoms with Crippen LogP contribution >= 0.6 is 0 Å². The maximum atomic E-state index is 12.0. The molecule has 7 nitrogen and oxygen atoms in total. The largest absolute Gasteiger partial charge is 0.345 e. The van der Waals surface area contributed by atoms with Crippen LogP contribution in [0.2, 0.25) is 0 Å². The Balaban J connectivity index is 1.67. The summed E-state index contributed by atoms with van der Waals surface area (Å²) in [6, 6.07) is 5.40. The quantitative estimate of drug-likeness (QED) is 0.770. The molecule has 0 aliphatic rings. The molecule has 7 heteroatoms. The first-order valence-electron chi connectivity index (χ1n) is 6.32. The van der Waals surface area contributed by atoms with Crippen LogP contribution in [0.25, 0.3) is 5.69 Å². The minimum atomic E-state index is -0.224. The Hall–Kier alpha value is -3.09. The van der Waals surface area contributed by atoms with Gasteiger partial charge in [0.15, 0.2) is 0 Å². The molecule has 21 heavy (non-hydrogen) atoms. The molecule has 0 aliphatic carbocycles. The van der Waals surface area contributed by atoms with Gasteiger partial charge in [-0.1, -0.05) is 0 Å². The summed E-state index contributed by atoms with van der Waals surface area (Å²) in [7, 11) is 0. The van der Waals surface area contributed by atoms with Crippen LogP contribution in [0.4, 0.5) is 0 Å². The monoisotopic (exact) mass is 280 g/mol. The van der Waals surface area contributed by atoms with Crippen LogP contribution in [0.5, 0.6) is 0 Å². The molecule has 0 atom stereocenters. The third-order valence-corrected chi connectivity index (χ3v) is 2.78. The lowest BCUT2D eigenvalue weighted by atomic mass is 10.3. The molecule has 0 fully saturated rings. The van der Waals surface area contributed by atoms with Gasteiger partial charge in [0.2, 0.25) is 0 Å². The minimum Gasteiger partial charge on any atom is -0.345 e. The molecule has 0 aromatic carbocycles. The van der Waals surface area contributed by atoms with Crippen molar-refractivity contribution in [1.29, 1.82) is 0 Å². The molecule has 0 bridgehead atoms. The van der Waals surface area contributed by atoms with Crippen LogP contribution in [0.1, 0.15) is 16.2 Å². The van der Waals surface area contributed by atoms with E-state index in [4.69, 9.17) is 0 Å². The SMILES string of the molecule is O=C(NCc1ncccn1)c1cnn(-c2cccnc2)c1. The van der Waals surface area contributed by atoms with Crippen molar-refractivity contribution in [2.24, 2.45) is 0 Å². The average Bonchev–Trinajstić information content (AvgIpc) is 3.04. The van der Waals surface area contributed by atoms with E-state index in [0.29, 0.717) is 11.4 Å². The van der Waals surface area contributed by atoms with Gasteiger partial charge in [0.25, 0.3) is 5.91 Å². The summed E-state index contributed by atoms with van der Waals surface area (Å²) in [5.41, 5.74) is 1.26. The zero-order valence-electron chi connectivity index (χ0n) is 11.0. The third-order valence-electron chi connectivity index (χ3n) is 2.78. The van der Waals surface area contributed by atoms with E-state index in [1.54, 1.807) is 41.7 Å². The highest BCUT2D eigenvalue weighted by Crippen LogP contribution is 2.06. The average molecular weight is 280 g/mol. The smallest absolute Gasteiger partial charge is 0.254 e. The zero-order valence-corrected chi connectivity index (χ0v) is 11.0. The minimum absolute atomic E-state index is 0.224. The summed E-state index contributed by atoms with van der Waals surface area (Å²) in [5, 5.41) is 6.89. The third kappa shape index (κ3) is 3.08. The Morgan fingerprint density at radius 1 is 1.14 bits per heavy atom. The maximum absolute atomic E-state index is 12.0. The first-order chi connectivity index (χ1) is 10.3. The molecule has 3 rings (SSSR count). The number of hydrogen-bond acceptors (Lipinski definition) is 5. The number of carbonyl (C=O) groups is 1. The molecule has 0 saturated carbocycles. The number of aromatic nitrogens is 5. The van der Waals surface area contributed by atoms with Crippen molar-refractivity contribution < 1.29 is 4.79 Å². The molecule has 3 aromatic rings. The highest BCUT2D eigenvalue weighted by molar-refractivity contribution is 5.93. The predicted octanol–water partition coefficient (Wildman–Crippen LogP) is 0.987. The van der Waals surface area contributed by atoms with Gasteiger partial charge in [0, 0.05) is 24.8 Å². The fraction of sp³-hybridized carbons (Fsp3) is 0.0714. The van der Waals surface area contributed by atoms with Gasteiger partial charge in [-0.05, 0) is 18.2 Å². The molecule has 1 N–H and O–H groups in total. The Morgan fingerprint density at radius 3 is 2.76 bits per heavy atom. The van der Waals surface area contributed by atoms with Crippen LogP contribution in [-0.2, 0) is 6.54 Å². The standard InChI is InChI=1S/C14H12N6O/c21-14(18-9-13-16-5-2-6-17-13)11-7-19-20(10-11)12-3-1-4-15-8-12/h1-8,10H,9H2,(H,18,21). The van der Waals surface area contributed by atoms with Gasteiger partial charge in [-0.25, -0.2) is 14.6 Å². The number of carbonyl (C=O) groups excluding carboxylic acids is 1. The lowest BCUT2D eigenvalue weighted by molar-refractivity contribution is 0.0950. The number of amides is 1. The van der Waals surface area contributed by atoms with E-state index in [9.17, 15) is 4.79 Å². The van der Waals surface area contributed by atoms with E-state index in [2.05, 4.69) is 25.4 Å². The molecule has 104 valence electrons. The van der Waals surface area contributed by atoms with Crippen LogP contribution in [-0.4, -0.2) is 30.6 Å². The summed E-state index contributed by atoms with van der Waals surface area (Å²) < 4.78 is 1.60. The lowest BCUT2D eigenvalue weighted by Gasteiger charge is -2.01. The van der Waals surface area contributed by atoms with Crippen molar-refractivity contribution in [2.75, 3.05) is 0 Å². The molecule has 0 aliphatic heterocycles. The van der Waals surface area contributed by atoms with Gasteiger partial charge in [-0.15, -0.1) is 0 Å². The van der Waals surface area contributed by atoms with Crippen molar-refractivity contribution in [2.45, 2.75) is 6.54 Å². The van der Waals surface area contributed by atoms with E-state index in [1.807, 2.05) is 12.1 Å². The van der Waals surface area contributed by atoms with Crippen molar-refractivity contribution in [3.8, 4) is 5.69 Å². The van der Waals surface area contributed by atoms with Crippen molar-refractivity contribution >= 4 is 5.91 Å². The van der Waals surface area contributed by atoms with Crippen LogP contribution in [0.3, 0.4) is 0 Å². The number of nitrogens with one attached hydrogen (secondary N) is 1. The Kier molecular flexibility index (Phi) is 3.64. The number of rotatable bonds is 4. The van der Waals surface area contributed by atoms with Gasteiger partial charge < -0.3 is 5.32 Å². The van der Waals surface area contributed by atoms with Gasteiger partial charge in [-0.3, -0.25) is 9.78 Å². The normalized spacial score (nSPS) is 10.3. The molecule has 0 unspecified atom stereocenters. The second kappa shape index (κ2) is 5.91. The summed E-state index contributed by atoms with van der Waals surface area (Å²) in [6.45, 7) is 0.276. The second-order valence-corrected chi connectivity index (χ2v) is 4.23. The molecular formula is C14H12N6O. The van der Waals surface area contributed by atoms with Crippen LogP contribution in [0.15, 0.2) is 55.4 Å². The summed E-state index contributed by atoms with van der Waals surface area (Å²) >= 11 is 0. The zero-order chi connectivity index (χ0) is 14.5. The summed E-state index contributed by atoms with van der Waals surface area (Å²) in [4.78, 5) is 24.1. The number of hydrogen-bond donors (Lipinski definition) is 1. The van der Waals surface area contributed by atoms with E-state index in [1.165, 1.54) is 6.20 Å². The Morgan fingerprint density at radius 2 is 2.00 bits per heavy atom. The Labute approximate surface area is 120 Å². The van der Waals surface area contributed by atoms with E-state index in [0.717, 1.165) is 5.69 Å². The molecule has 1 amide bonds. The van der Waals surface area contributed by atoms with Crippen molar-refractivity contribution in [3.63, 3.8) is 0 Å². The molecule has 0 saturated heterocycles. The second-order valence-electron chi connectivity index (χ2n) is 4.23. The maximum Gasteiger partial charge on any atom is 0.254 e. The van der Waals surface area contributed by atoms with Crippen molar-refractivity contribution in [3.05, 3.63) is 66.8 Å². The van der Waals surface area contributed by atoms with Gasteiger partial charge >= 0.3 is 0 Å². The summed E-state index contributed by atoms with van der Waals surface area (Å²) in [6.07, 6.45) is 9.78. The number of pyridine rings is 1. The fourth-order valence-corrected chi connectivity index (χ4v) is 1.75. The first kappa shape index (κ1) is 12.9. The molecule has 0 radical (unpaired) electrons. The highest BCUT2D eigenvalue weighted by atomic mass is 16.1. The van der Waals surface area contributed by atoms with Crippen LogP contribution in [0, 0.1) is 0 Å². The van der Waals surface area contributed by atoms with Gasteiger partial charge in [0.05, 0.1) is 30.2 Å². The Bertz CT molecular complexity index is 725. The fourth-order valence-electron chi connectivity index (χ4n) is 1.75. The van der Waals surface area contributed by atoms with Gasteiger partial charge in [0.1, 0.15) is 5.82 Å². The van der Waals surface area contributed by atoms with Crippen molar-refractivity contribution in [1.82, 2.24) is 30.0 Å². The van der Waals surface area contributed by atoms with E-state index < -0.39 is 0 Å². The summed E-state index contributed by atoms with van der Waals surface area (Å²) in [5.74, 6) is 0.336. The predicted molar refractivity (Wildman–Crippen MR) is 74.6 cm³/mol. The first-order valence-corrected chi connectivity index (χ1v) is 6.32. The number of nitrogens with zero attached hydrogens (tertiary/aromatic N) is 5. The topological polar surface area (TPSA) is 85.6 Å². The molecular weight excluding hydrogens is 268 g/mol. The van der Waals surface area contributed by atoms with Crippen LogP contribution < -0.4 is 5.32 Å². The molecule has 3 heterocycles. The highest BCUT2D eigenvalue weighted by Gasteiger charge is 2.09. The molecule has 0 spiro atoms. The lowest BCUT2D eigenvalue weighted by Crippen LogP contribution is -2.23. The van der Waals surface area contributed by atoms with E-state index in [-0.39, 0.29) is 12.5 Å². The molecule has 3 aromatic heterocycles. The van der Waals surface area contributed by atoms with Gasteiger partial charge in [-0.2, -0.15) is 5.10 Å². The van der Waals surface area contributed by atoms with E-state index >= 15 is 0 Å².